The van der Waals surface area contributed by atoms with Crippen LogP contribution in [0.2, 0.25) is 0 Å². The minimum atomic E-state index is -0.626. The summed E-state index contributed by atoms with van der Waals surface area (Å²) in [6.45, 7) is 2.13. The van der Waals surface area contributed by atoms with Crippen molar-refractivity contribution in [3.8, 4) is 11.5 Å². The van der Waals surface area contributed by atoms with Gasteiger partial charge in [0.2, 0.25) is 24.5 Å². The summed E-state index contributed by atoms with van der Waals surface area (Å²) in [5, 5.41) is 5.80. The third-order valence-electron chi connectivity index (χ3n) is 5.87. The molecule has 2 N–H and O–H groups in total. The molecule has 0 radical (unpaired) electrons. The van der Waals surface area contributed by atoms with E-state index < -0.39 is 12.0 Å². The molecular weight excluding hydrogens is 374 g/mol. The predicted molar refractivity (Wildman–Crippen MR) is 106 cm³/mol. The Morgan fingerprint density at radius 3 is 2.69 bits per heavy atom. The first kappa shape index (κ1) is 19.5. The highest BCUT2D eigenvalue weighted by Gasteiger charge is 2.36. The molecule has 0 aromatic heterocycles. The second kappa shape index (κ2) is 8.31. The number of amides is 3. The van der Waals surface area contributed by atoms with E-state index in [4.69, 9.17) is 9.47 Å². The quantitative estimate of drug-likeness (QED) is 0.783. The molecule has 1 aromatic carbocycles. The Kier molecular flexibility index (Phi) is 5.60. The van der Waals surface area contributed by atoms with Crippen LogP contribution in [0, 0.1) is 5.92 Å². The molecule has 1 aromatic rings. The molecule has 2 heterocycles. The molecule has 8 heteroatoms. The van der Waals surface area contributed by atoms with Gasteiger partial charge in [0.05, 0.1) is 5.92 Å². The van der Waals surface area contributed by atoms with Gasteiger partial charge in [-0.3, -0.25) is 14.4 Å². The first-order valence-electron chi connectivity index (χ1n) is 10.3. The van der Waals surface area contributed by atoms with Crippen molar-refractivity contribution < 1.29 is 23.9 Å². The SMILES string of the molecule is C[C@H](NC(=O)[C@H]1CC(=O)N(c2ccc3c(c2)OCO3)C1)C(=O)NC1CCCCC1. The molecule has 0 spiro atoms. The largest absolute Gasteiger partial charge is 0.454 e. The van der Waals surface area contributed by atoms with Crippen LogP contribution in [0.15, 0.2) is 18.2 Å². The molecule has 2 fully saturated rings. The van der Waals surface area contributed by atoms with Crippen LogP contribution < -0.4 is 25.0 Å². The monoisotopic (exact) mass is 401 g/mol. The number of rotatable bonds is 5. The van der Waals surface area contributed by atoms with Gasteiger partial charge >= 0.3 is 0 Å². The Labute approximate surface area is 169 Å². The summed E-state index contributed by atoms with van der Waals surface area (Å²) in [5.41, 5.74) is 0.678. The molecule has 3 amide bonds. The van der Waals surface area contributed by atoms with Crippen molar-refractivity contribution in [3.05, 3.63) is 18.2 Å². The lowest BCUT2D eigenvalue weighted by atomic mass is 9.95. The van der Waals surface area contributed by atoms with Gasteiger partial charge in [-0.1, -0.05) is 19.3 Å². The number of fused-ring (bicyclic) bond motifs is 1. The molecule has 8 nitrogen and oxygen atoms in total. The van der Waals surface area contributed by atoms with Gasteiger partial charge in [0.1, 0.15) is 6.04 Å². The average molecular weight is 401 g/mol. The van der Waals surface area contributed by atoms with Gasteiger partial charge in [-0.15, -0.1) is 0 Å². The van der Waals surface area contributed by atoms with Crippen molar-refractivity contribution in [2.75, 3.05) is 18.2 Å². The summed E-state index contributed by atoms with van der Waals surface area (Å²) >= 11 is 0. The maximum atomic E-state index is 12.6. The third-order valence-corrected chi connectivity index (χ3v) is 5.87. The van der Waals surface area contributed by atoms with Crippen LogP contribution in [0.25, 0.3) is 0 Å². The minimum absolute atomic E-state index is 0.122. The predicted octanol–water partition coefficient (Wildman–Crippen LogP) is 1.72. The van der Waals surface area contributed by atoms with Crippen molar-refractivity contribution in [1.29, 1.82) is 0 Å². The number of ether oxygens (including phenoxy) is 2. The van der Waals surface area contributed by atoms with Gasteiger partial charge in [0.25, 0.3) is 0 Å². The topological polar surface area (TPSA) is 97.0 Å². The van der Waals surface area contributed by atoms with Gasteiger partial charge in [0, 0.05) is 30.8 Å². The Bertz CT molecular complexity index is 806. The second-order valence-corrected chi connectivity index (χ2v) is 8.02. The number of benzene rings is 1. The van der Waals surface area contributed by atoms with E-state index in [1.54, 1.807) is 30.0 Å². The standard InChI is InChI=1S/C21H27N3O5/c1-13(20(26)23-15-5-3-2-4-6-15)22-21(27)14-9-19(25)24(11-14)16-7-8-17-18(10-16)29-12-28-17/h7-8,10,13-15H,2-6,9,11-12H2,1H3,(H,22,27)(H,23,26)/t13-,14-/m0/s1. The molecular formula is C21H27N3O5. The fourth-order valence-electron chi connectivity index (χ4n) is 4.16. The van der Waals surface area contributed by atoms with E-state index in [2.05, 4.69) is 10.6 Å². The lowest BCUT2D eigenvalue weighted by Gasteiger charge is -2.25. The van der Waals surface area contributed by atoms with E-state index in [0.717, 1.165) is 25.7 Å². The van der Waals surface area contributed by atoms with Crippen LogP contribution in [0.3, 0.4) is 0 Å². The summed E-state index contributed by atoms with van der Waals surface area (Å²) in [6, 6.07) is 4.87. The number of carbonyl (C=O) groups is 3. The fourth-order valence-corrected chi connectivity index (χ4v) is 4.16. The van der Waals surface area contributed by atoms with Crippen molar-refractivity contribution in [3.63, 3.8) is 0 Å². The van der Waals surface area contributed by atoms with Crippen LogP contribution in [-0.2, 0) is 14.4 Å². The highest BCUT2D eigenvalue weighted by Crippen LogP contribution is 2.37. The van der Waals surface area contributed by atoms with Crippen molar-refractivity contribution in [2.45, 2.75) is 57.5 Å². The van der Waals surface area contributed by atoms with E-state index in [1.807, 2.05) is 0 Å². The maximum absolute atomic E-state index is 12.6. The van der Waals surface area contributed by atoms with Crippen molar-refractivity contribution >= 4 is 23.4 Å². The van der Waals surface area contributed by atoms with Gasteiger partial charge < -0.3 is 25.0 Å². The summed E-state index contributed by atoms with van der Waals surface area (Å²) in [6.07, 6.45) is 5.59. The Morgan fingerprint density at radius 1 is 1.14 bits per heavy atom. The van der Waals surface area contributed by atoms with Crippen LogP contribution in [0.5, 0.6) is 11.5 Å². The van der Waals surface area contributed by atoms with Crippen molar-refractivity contribution in [2.24, 2.45) is 5.92 Å². The van der Waals surface area contributed by atoms with E-state index >= 15 is 0 Å². The Balaban J connectivity index is 1.32. The van der Waals surface area contributed by atoms with Crippen molar-refractivity contribution in [1.82, 2.24) is 10.6 Å². The van der Waals surface area contributed by atoms with E-state index in [1.165, 1.54) is 6.42 Å². The Hall–Kier alpha value is -2.77. The number of hydrogen-bond donors (Lipinski definition) is 2. The third kappa shape index (κ3) is 4.31. The van der Waals surface area contributed by atoms with E-state index in [-0.39, 0.29) is 43.5 Å². The molecule has 1 saturated carbocycles. The van der Waals surface area contributed by atoms with E-state index in [0.29, 0.717) is 17.2 Å². The average Bonchev–Trinajstić information content (AvgIpc) is 3.34. The first-order chi connectivity index (χ1) is 14.0. The van der Waals surface area contributed by atoms with Crippen LogP contribution >= 0.6 is 0 Å². The molecule has 0 bridgehead atoms. The zero-order valence-corrected chi connectivity index (χ0v) is 16.6. The van der Waals surface area contributed by atoms with Gasteiger partial charge in [-0.25, -0.2) is 0 Å². The summed E-state index contributed by atoms with van der Waals surface area (Å²) < 4.78 is 10.7. The molecule has 2 atom stereocenters. The number of nitrogens with zero attached hydrogens (tertiary/aromatic N) is 1. The fraction of sp³-hybridized carbons (Fsp3) is 0.571. The summed E-state index contributed by atoms with van der Waals surface area (Å²) in [5.74, 6) is 0.194. The molecule has 1 aliphatic carbocycles. The first-order valence-corrected chi connectivity index (χ1v) is 10.3. The summed E-state index contributed by atoms with van der Waals surface area (Å²) in [4.78, 5) is 39.1. The minimum Gasteiger partial charge on any atom is -0.454 e. The van der Waals surface area contributed by atoms with Gasteiger partial charge in [0.15, 0.2) is 11.5 Å². The van der Waals surface area contributed by atoms with E-state index in [9.17, 15) is 14.4 Å². The van der Waals surface area contributed by atoms with Crippen LogP contribution in [-0.4, -0.2) is 43.1 Å². The number of nitrogens with one attached hydrogen (secondary N) is 2. The zero-order valence-electron chi connectivity index (χ0n) is 16.6. The molecule has 29 heavy (non-hydrogen) atoms. The number of hydrogen-bond acceptors (Lipinski definition) is 5. The number of carbonyl (C=O) groups excluding carboxylic acids is 3. The van der Waals surface area contributed by atoms with Crippen LogP contribution in [0.1, 0.15) is 45.4 Å². The smallest absolute Gasteiger partial charge is 0.242 e. The zero-order chi connectivity index (χ0) is 20.4. The second-order valence-electron chi connectivity index (χ2n) is 8.02. The highest BCUT2D eigenvalue weighted by atomic mass is 16.7. The highest BCUT2D eigenvalue weighted by molar-refractivity contribution is 6.01. The molecule has 4 rings (SSSR count). The molecule has 1 saturated heterocycles. The Morgan fingerprint density at radius 2 is 1.90 bits per heavy atom. The number of anilines is 1. The maximum Gasteiger partial charge on any atom is 0.242 e. The summed E-state index contributed by atoms with van der Waals surface area (Å²) in [7, 11) is 0. The normalized spacial score (nSPS) is 22.4. The van der Waals surface area contributed by atoms with Crippen LogP contribution in [0.4, 0.5) is 5.69 Å². The molecule has 156 valence electrons. The molecule has 3 aliphatic rings. The lowest BCUT2D eigenvalue weighted by molar-refractivity contribution is -0.131. The van der Waals surface area contributed by atoms with Gasteiger partial charge in [-0.2, -0.15) is 0 Å². The van der Waals surface area contributed by atoms with Gasteiger partial charge in [-0.05, 0) is 31.9 Å². The molecule has 2 aliphatic heterocycles. The lowest BCUT2D eigenvalue weighted by Crippen LogP contribution is -2.50. The molecule has 0 unspecified atom stereocenters.